The van der Waals surface area contributed by atoms with E-state index >= 15 is 0 Å². The minimum Gasteiger partial charge on any atom is -0.398 e. The number of nitrogens with two attached hydrogens (primary N) is 1. The zero-order chi connectivity index (χ0) is 14.1. The standard InChI is InChI=1S/C14H12BrN3OS/c15-9-2-1-5-17-14(9)20-12-6-8-3-4-13(19)18-11(8)7-10(12)16/h1-2,5-7H,3-4,16H2,(H,18,19). The molecule has 1 aromatic carbocycles. The number of nitrogens with zero attached hydrogens (tertiary/aromatic N) is 1. The highest BCUT2D eigenvalue weighted by Gasteiger charge is 2.17. The first-order chi connectivity index (χ1) is 9.63. The molecule has 1 aliphatic heterocycles. The summed E-state index contributed by atoms with van der Waals surface area (Å²) >= 11 is 5.00. The Morgan fingerprint density at radius 1 is 1.35 bits per heavy atom. The number of halogens is 1. The van der Waals surface area contributed by atoms with Gasteiger partial charge in [-0.2, -0.15) is 0 Å². The van der Waals surface area contributed by atoms with Gasteiger partial charge in [0.05, 0.1) is 4.47 Å². The molecule has 2 aromatic rings. The number of carbonyl (C=O) groups excluding carboxylic acids is 1. The number of amides is 1. The third-order valence-corrected chi connectivity index (χ3v) is 5.06. The van der Waals surface area contributed by atoms with Gasteiger partial charge < -0.3 is 11.1 Å². The molecule has 0 radical (unpaired) electrons. The van der Waals surface area contributed by atoms with E-state index in [9.17, 15) is 4.79 Å². The van der Waals surface area contributed by atoms with E-state index in [0.717, 1.165) is 32.1 Å². The largest absolute Gasteiger partial charge is 0.398 e. The second-order valence-electron chi connectivity index (χ2n) is 4.49. The number of hydrogen-bond acceptors (Lipinski definition) is 4. The summed E-state index contributed by atoms with van der Waals surface area (Å²) in [4.78, 5) is 16.7. The van der Waals surface area contributed by atoms with Gasteiger partial charge in [0.1, 0.15) is 5.03 Å². The normalized spacial score (nSPS) is 13.8. The van der Waals surface area contributed by atoms with E-state index < -0.39 is 0 Å². The van der Waals surface area contributed by atoms with Crippen LogP contribution in [0.25, 0.3) is 0 Å². The molecule has 4 nitrogen and oxygen atoms in total. The zero-order valence-electron chi connectivity index (χ0n) is 10.5. The van der Waals surface area contributed by atoms with Crippen molar-refractivity contribution in [1.29, 1.82) is 0 Å². The number of nitrogens with one attached hydrogen (secondary N) is 1. The SMILES string of the molecule is Nc1cc2c(cc1Sc1ncccc1Br)CCC(=O)N2. The van der Waals surface area contributed by atoms with Crippen LogP contribution in [-0.2, 0) is 11.2 Å². The lowest BCUT2D eigenvalue weighted by molar-refractivity contribution is -0.116. The van der Waals surface area contributed by atoms with Gasteiger partial charge in [-0.25, -0.2) is 4.98 Å². The zero-order valence-corrected chi connectivity index (χ0v) is 12.9. The minimum atomic E-state index is 0.0461. The van der Waals surface area contributed by atoms with Crippen molar-refractivity contribution in [2.75, 3.05) is 11.1 Å². The molecule has 0 atom stereocenters. The van der Waals surface area contributed by atoms with Crippen LogP contribution in [-0.4, -0.2) is 10.9 Å². The molecule has 0 aliphatic carbocycles. The fourth-order valence-corrected chi connectivity index (χ4v) is 3.42. The number of benzene rings is 1. The van der Waals surface area contributed by atoms with Gasteiger partial charge in [0.15, 0.2) is 0 Å². The summed E-state index contributed by atoms with van der Waals surface area (Å²) in [5.41, 5.74) is 8.66. The number of carbonyl (C=O) groups is 1. The molecule has 3 rings (SSSR count). The van der Waals surface area contributed by atoms with Crippen LogP contribution in [0.3, 0.4) is 0 Å². The van der Waals surface area contributed by atoms with Gasteiger partial charge in [-0.1, -0.05) is 11.8 Å². The van der Waals surface area contributed by atoms with Crippen molar-refractivity contribution in [3.05, 3.63) is 40.5 Å². The number of aryl methyl sites for hydroxylation is 1. The van der Waals surface area contributed by atoms with Gasteiger partial charge in [0.2, 0.25) is 5.91 Å². The average Bonchev–Trinajstić information content (AvgIpc) is 2.42. The highest BCUT2D eigenvalue weighted by atomic mass is 79.9. The molecule has 6 heteroatoms. The fraction of sp³-hybridized carbons (Fsp3) is 0.143. The second-order valence-corrected chi connectivity index (χ2v) is 6.37. The average molecular weight is 350 g/mol. The molecule has 102 valence electrons. The summed E-state index contributed by atoms with van der Waals surface area (Å²) < 4.78 is 0.940. The Kier molecular flexibility index (Phi) is 3.67. The summed E-state index contributed by atoms with van der Waals surface area (Å²) in [7, 11) is 0. The lowest BCUT2D eigenvalue weighted by Crippen LogP contribution is -2.19. The third-order valence-electron chi connectivity index (χ3n) is 3.06. The summed E-state index contributed by atoms with van der Waals surface area (Å²) in [6.07, 6.45) is 3.02. The molecule has 0 bridgehead atoms. The van der Waals surface area contributed by atoms with E-state index in [2.05, 4.69) is 26.2 Å². The number of nitrogen functional groups attached to an aromatic ring is 1. The molecule has 0 saturated heterocycles. The Balaban J connectivity index is 1.95. The van der Waals surface area contributed by atoms with Gasteiger partial charge in [0, 0.05) is 28.9 Å². The molecule has 0 saturated carbocycles. The first kappa shape index (κ1) is 13.5. The van der Waals surface area contributed by atoms with Gasteiger partial charge in [-0.05, 0) is 52.2 Å². The van der Waals surface area contributed by atoms with Crippen molar-refractivity contribution >= 4 is 45.0 Å². The van der Waals surface area contributed by atoms with E-state index in [-0.39, 0.29) is 5.91 Å². The Labute approximate surface area is 129 Å². The van der Waals surface area contributed by atoms with Crippen molar-refractivity contribution in [1.82, 2.24) is 4.98 Å². The Morgan fingerprint density at radius 3 is 3.00 bits per heavy atom. The Hall–Kier alpha value is -1.53. The molecule has 0 fully saturated rings. The maximum atomic E-state index is 11.4. The van der Waals surface area contributed by atoms with Gasteiger partial charge in [-0.3, -0.25) is 4.79 Å². The number of aromatic nitrogens is 1. The van der Waals surface area contributed by atoms with Crippen LogP contribution in [0.2, 0.25) is 0 Å². The lowest BCUT2D eigenvalue weighted by atomic mass is 10.0. The Morgan fingerprint density at radius 2 is 2.20 bits per heavy atom. The molecule has 0 unspecified atom stereocenters. The van der Waals surface area contributed by atoms with Crippen LogP contribution in [0.4, 0.5) is 11.4 Å². The maximum absolute atomic E-state index is 11.4. The molecular weight excluding hydrogens is 338 g/mol. The highest BCUT2D eigenvalue weighted by molar-refractivity contribution is 9.10. The van der Waals surface area contributed by atoms with Crippen LogP contribution < -0.4 is 11.1 Å². The van der Waals surface area contributed by atoms with Crippen LogP contribution in [0.15, 0.2) is 44.9 Å². The molecule has 0 spiro atoms. The Bertz CT molecular complexity index is 690. The van der Waals surface area contributed by atoms with Gasteiger partial charge in [-0.15, -0.1) is 0 Å². The summed E-state index contributed by atoms with van der Waals surface area (Å²) in [6.45, 7) is 0. The topological polar surface area (TPSA) is 68.0 Å². The van der Waals surface area contributed by atoms with Crippen molar-refractivity contribution < 1.29 is 4.79 Å². The number of rotatable bonds is 2. The molecule has 3 N–H and O–H groups in total. The van der Waals surface area contributed by atoms with Crippen molar-refractivity contribution in [2.24, 2.45) is 0 Å². The van der Waals surface area contributed by atoms with Gasteiger partial charge in [0.25, 0.3) is 0 Å². The van der Waals surface area contributed by atoms with E-state index in [4.69, 9.17) is 5.73 Å². The van der Waals surface area contributed by atoms with Crippen molar-refractivity contribution in [3.63, 3.8) is 0 Å². The van der Waals surface area contributed by atoms with E-state index in [1.807, 2.05) is 24.3 Å². The number of hydrogen-bond donors (Lipinski definition) is 2. The van der Waals surface area contributed by atoms with E-state index in [1.54, 1.807) is 6.20 Å². The smallest absolute Gasteiger partial charge is 0.224 e. The number of pyridine rings is 1. The van der Waals surface area contributed by atoms with Gasteiger partial charge >= 0.3 is 0 Å². The van der Waals surface area contributed by atoms with E-state index in [1.165, 1.54) is 11.8 Å². The van der Waals surface area contributed by atoms with Crippen molar-refractivity contribution in [2.45, 2.75) is 22.8 Å². The number of fused-ring (bicyclic) bond motifs is 1. The predicted molar refractivity (Wildman–Crippen MR) is 83.9 cm³/mol. The predicted octanol–water partition coefficient (Wildman–Crippen LogP) is 3.46. The molecule has 20 heavy (non-hydrogen) atoms. The molecule has 1 aliphatic rings. The summed E-state index contributed by atoms with van der Waals surface area (Å²) in [5.74, 6) is 0.0461. The highest BCUT2D eigenvalue weighted by Crippen LogP contribution is 2.38. The van der Waals surface area contributed by atoms with E-state index in [0.29, 0.717) is 12.1 Å². The molecule has 1 amide bonds. The summed E-state index contributed by atoms with van der Waals surface area (Å²) in [5, 5.41) is 3.72. The first-order valence-corrected chi connectivity index (χ1v) is 7.75. The molecule has 1 aromatic heterocycles. The van der Waals surface area contributed by atoms with Crippen LogP contribution >= 0.6 is 27.7 Å². The second kappa shape index (κ2) is 5.46. The quantitative estimate of drug-likeness (QED) is 0.814. The third kappa shape index (κ3) is 2.66. The van der Waals surface area contributed by atoms with Crippen LogP contribution in [0.1, 0.15) is 12.0 Å². The first-order valence-electron chi connectivity index (χ1n) is 6.14. The number of anilines is 2. The maximum Gasteiger partial charge on any atom is 0.224 e. The summed E-state index contributed by atoms with van der Waals surface area (Å²) in [6, 6.07) is 7.69. The monoisotopic (exact) mass is 349 g/mol. The van der Waals surface area contributed by atoms with Crippen molar-refractivity contribution in [3.8, 4) is 0 Å². The van der Waals surface area contributed by atoms with Crippen LogP contribution in [0.5, 0.6) is 0 Å². The van der Waals surface area contributed by atoms with Crippen LogP contribution in [0, 0.1) is 0 Å². The molecular formula is C14H12BrN3OS. The lowest BCUT2D eigenvalue weighted by Gasteiger charge is -2.19. The fourth-order valence-electron chi connectivity index (χ4n) is 2.06. The minimum absolute atomic E-state index is 0.0461. The molecule has 2 heterocycles.